The molecule has 2 atom stereocenters. The monoisotopic (exact) mass is 223 g/mol. The van der Waals surface area contributed by atoms with E-state index < -0.39 is 17.9 Å². The van der Waals surface area contributed by atoms with E-state index >= 15 is 0 Å². The first-order valence-electron chi connectivity index (χ1n) is 4.34. The number of hydrogen-bond acceptors (Lipinski definition) is 4. The molecule has 2 aliphatic heterocycles. The Morgan fingerprint density at radius 1 is 1.60 bits per heavy atom. The second-order valence-electron chi connectivity index (χ2n) is 3.42. The van der Waals surface area contributed by atoms with Gasteiger partial charge in [0.15, 0.2) is 0 Å². The first-order chi connectivity index (χ1) is 6.91. The summed E-state index contributed by atoms with van der Waals surface area (Å²) in [5, 5.41) is 0. The average Bonchev–Trinajstić information content (AvgIpc) is 2.18. The van der Waals surface area contributed by atoms with Crippen molar-refractivity contribution in [1.82, 2.24) is 5.48 Å². The Bertz CT molecular complexity index is 305. The fourth-order valence-electron chi connectivity index (χ4n) is 1.48. The lowest BCUT2D eigenvalue weighted by atomic mass is 9.96. The molecule has 3 aliphatic rings. The number of hydrogen-bond donors (Lipinski definition) is 1. The minimum atomic E-state index is -5.00. The second-order valence-corrected chi connectivity index (χ2v) is 3.42. The lowest BCUT2D eigenvalue weighted by Crippen LogP contribution is -2.53. The molecule has 2 unspecified atom stereocenters. The van der Waals surface area contributed by atoms with Crippen LogP contribution in [0.5, 0.6) is 0 Å². The van der Waals surface area contributed by atoms with Crippen molar-refractivity contribution >= 4 is 5.97 Å². The predicted octanol–water partition coefficient (Wildman–Crippen LogP) is 1.04. The summed E-state index contributed by atoms with van der Waals surface area (Å²) in [6, 6.07) is -0.0172. The Hall–Kier alpha value is -1.08. The molecule has 1 saturated heterocycles. The van der Waals surface area contributed by atoms with Gasteiger partial charge in [-0.25, -0.2) is 4.79 Å². The van der Waals surface area contributed by atoms with Crippen LogP contribution in [0.25, 0.3) is 0 Å². The molecule has 0 aromatic heterocycles. The molecule has 3 rings (SSSR count). The molecular formula is C8H8F3NO3. The Balaban J connectivity index is 2.08. The van der Waals surface area contributed by atoms with Gasteiger partial charge in [0.25, 0.3) is 5.79 Å². The van der Waals surface area contributed by atoms with Crippen LogP contribution in [-0.4, -0.2) is 24.0 Å². The van der Waals surface area contributed by atoms with Crippen LogP contribution in [0.1, 0.15) is 12.8 Å². The number of nitrogens with one attached hydrogen (secondary N) is 1. The second kappa shape index (κ2) is 3.21. The summed E-state index contributed by atoms with van der Waals surface area (Å²) in [5.41, 5.74) is 2.48. The predicted molar refractivity (Wildman–Crippen MR) is 41.3 cm³/mol. The highest BCUT2D eigenvalue weighted by atomic mass is 19.4. The first-order valence-corrected chi connectivity index (χ1v) is 4.34. The van der Waals surface area contributed by atoms with Gasteiger partial charge in [-0.05, 0) is 12.5 Å². The summed E-state index contributed by atoms with van der Waals surface area (Å²) in [4.78, 5) is 15.5. The van der Waals surface area contributed by atoms with Crippen molar-refractivity contribution in [3.05, 3.63) is 12.2 Å². The van der Waals surface area contributed by atoms with Crippen molar-refractivity contribution < 1.29 is 27.5 Å². The van der Waals surface area contributed by atoms with Crippen LogP contribution in [0, 0.1) is 0 Å². The van der Waals surface area contributed by atoms with Gasteiger partial charge in [0.1, 0.15) is 0 Å². The quantitative estimate of drug-likeness (QED) is 0.533. The molecule has 84 valence electrons. The van der Waals surface area contributed by atoms with Crippen molar-refractivity contribution in [3.8, 4) is 0 Å². The maximum absolute atomic E-state index is 11.9. The molecule has 1 aliphatic carbocycles. The van der Waals surface area contributed by atoms with Gasteiger partial charge in [0, 0.05) is 6.42 Å². The summed E-state index contributed by atoms with van der Waals surface area (Å²) in [7, 11) is 0. The third-order valence-electron chi connectivity index (χ3n) is 2.27. The summed E-state index contributed by atoms with van der Waals surface area (Å²) in [6.45, 7) is 0. The smallest absolute Gasteiger partial charge is 0.421 e. The van der Waals surface area contributed by atoms with E-state index in [1.54, 1.807) is 6.08 Å². The number of rotatable bonds is 1. The molecule has 0 aromatic carbocycles. The third kappa shape index (κ3) is 1.98. The molecule has 2 bridgehead atoms. The molecule has 1 fully saturated rings. The van der Waals surface area contributed by atoms with Crippen molar-refractivity contribution in [3.63, 3.8) is 0 Å². The molecule has 0 saturated carbocycles. The summed E-state index contributed by atoms with van der Waals surface area (Å²) < 4.78 is 40.1. The van der Waals surface area contributed by atoms with E-state index in [-0.39, 0.29) is 12.5 Å². The van der Waals surface area contributed by atoms with Gasteiger partial charge < -0.3 is 4.74 Å². The van der Waals surface area contributed by atoms with Gasteiger partial charge in [0.2, 0.25) is 0 Å². The van der Waals surface area contributed by atoms with E-state index in [0.717, 1.165) is 0 Å². The molecular weight excluding hydrogens is 215 g/mol. The van der Waals surface area contributed by atoms with Crippen molar-refractivity contribution in [2.45, 2.75) is 30.8 Å². The molecule has 0 aromatic rings. The molecule has 7 heteroatoms. The Kier molecular flexibility index (Phi) is 2.23. The SMILES string of the molecule is O=C(OC12C=CC(CC1)NO2)C(F)(F)F. The maximum atomic E-state index is 11.9. The largest absolute Gasteiger partial charge is 0.491 e. The number of carbonyl (C=O) groups is 1. The van der Waals surface area contributed by atoms with Crippen LogP contribution < -0.4 is 5.48 Å². The van der Waals surface area contributed by atoms with Gasteiger partial charge in [-0.3, -0.25) is 4.84 Å². The molecule has 2 heterocycles. The molecule has 0 radical (unpaired) electrons. The Labute approximate surface area is 83.0 Å². The van der Waals surface area contributed by atoms with Crippen LogP contribution in [0.2, 0.25) is 0 Å². The van der Waals surface area contributed by atoms with Crippen molar-refractivity contribution in [1.29, 1.82) is 0 Å². The van der Waals surface area contributed by atoms with Crippen LogP contribution in [0.3, 0.4) is 0 Å². The fraction of sp³-hybridized carbons (Fsp3) is 0.625. The van der Waals surface area contributed by atoms with E-state index in [1.807, 2.05) is 0 Å². The number of fused-ring (bicyclic) bond motifs is 2. The van der Waals surface area contributed by atoms with Crippen molar-refractivity contribution in [2.24, 2.45) is 0 Å². The number of carbonyl (C=O) groups excluding carboxylic acids is 1. The van der Waals surface area contributed by atoms with Crippen LogP contribution >= 0.6 is 0 Å². The van der Waals surface area contributed by atoms with E-state index in [0.29, 0.717) is 6.42 Å². The third-order valence-corrected chi connectivity index (χ3v) is 2.27. The van der Waals surface area contributed by atoms with E-state index in [4.69, 9.17) is 4.84 Å². The van der Waals surface area contributed by atoms with Crippen LogP contribution in [0.15, 0.2) is 12.2 Å². The molecule has 0 amide bonds. The highest BCUT2D eigenvalue weighted by molar-refractivity contribution is 5.76. The van der Waals surface area contributed by atoms with E-state index in [2.05, 4.69) is 10.2 Å². The van der Waals surface area contributed by atoms with Gasteiger partial charge in [-0.2, -0.15) is 18.7 Å². The standard InChI is InChI=1S/C8H8F3NO3/c9-8(10,11)6(13)14-7-3-1-5(2-4-7)12-15-7/h1,3,5,12H,2,4H2. The maximum Gasteiger partial charge on any atom is 0.491 e. The van der Waals surface area contributed by atoms with Crippen molar-refractivity contribution in [2.75, 3.05) is 0 Å². The number of esters is 1. The zero-order valence-electron chi connectivity index (χ0n) is 7.50. The Morgan fingerprint density at radius 3 is 2.73 bits per heavy atom. The zero-order valence-corrected chi connectivity index (χ0v) is 7.50. The van der Waals surface area contributed by atoms with Crippen LogP contribution in [0.4, 0.5) is 13.2 Å². The molecule has 1 N–H and O–H groups in total. The number of alkyl halides is 3. The topological polar surface area (TPSA) is 47.6 Å². The van der Waals surface area contributed by atoms with Crippen LogP contribution in [-0.2, 0) is 14.4 Å². The highest BCUT2D eigenvalue weighted by Gasteiger charge is 2.49. The van der Waals surface area contributed by atoms with Gasteiger partial charge in [-0.1, -0.05) is 6.08 Å². The highest BCUT2D eigenvalue weighted by Crippen LogP contribution is 2.33. The zero-order chi connectivity index (χ0) is 11.1. The van der Waals surface area contributed by atoms with E-state index in [9.17, 15) is 18.0 Å². The minimum absolute atomic E-state index is 0.0172. The molecule has 4 nitrogen and oxygen atoms in total. The summed E-state index contributed by atoms with van der Waals surface area (Å²) in [5.74, 6) is -3.84. The number of halogens is 3. The first kappa shape index (κ1) is 10.4. The molecule has 0 spiro atoms. The minimum Gasteiger partial charge on any atom is -0.421 e. The summed E-state index contributed by atoms with van der Waals surface area (Å²) in [6.07, 6.45) is -1.25. The van der Waals surface area contributed by atoms with Gasteiger partial charge in [0.05, 0.1) is 6.04 Å². The molecule has 15 heavy (non-hydrogen) atoms. The lowest BCUT2D eigenvalue weighted by Gasteiger charge is -2.40. The number of ether oxygens (including phenoxy) is 1. The fourth-order valence-corrected chi connectivity index (χ4v) is 1.48. The normalized spacial score (nSPS) is 34.2. The lowest BCUT2D eigenvalue weighted by molar-refractivity contribution is -0.281. The number of hydroxylamine groups is 1. The van der Waals surface area contributed by atoms with Gasteiger partial charge in [-0.15, -0.1) is 0 Å². The average molecular weight is 223 g/mol. The van der Waals surface area contributed by atoms with Gasteiger partial charge >= 0.3 is 12.1 Å². The van der Waals surface area contributed by atoms with E-state index in [1.165, 1.54) is 6.08 Å². The Morgan fingerprint density at radius 2 is 2.33 bits per heavy atom. The summed E-state index contributed by atoms with van der Waals surface area (Å²) >= 11 is 0.